The highest BCUT2D eigenvalue weighted by atomic mass is 16.6. The average Bonchev–Trinajstić information content (AvgIpc) is 2.89. The van der Waals surface area contributed by atoms with E-state index in [4.69, 9.17) is 4.74 Å². The summed E-state index contributed by atoms with van der Waals surface area (Å²) in [4.78, 5) is 50.7. The summed E-state index contributed by atoms with van der Waals surface area (Å²) in [6.45, 7) is 8.90. The maximum absolute atomic E-state index is 12.9. The largest absolute Gasteiger partial charge is 0.444 e. The van der Waals surface area contributed by atoms with Gasteiger partial charge in [-0.1, -0.05) is 13.0 Å². The van der Waals surface area contributed by atoms with Gasteiger partial charge in [0.1, 0.15) is 11.6 Å². The Labute approximate surface area is 186 Å². The van der Waals surface area contributed by atoms with Gasteiger partial charge in [-0.05, 0) is 51.3 Å². The van der Waals surface area contributed by atoms with Crippen LogP contribution in [0.15, 0.2) is 23.0 Å². The molecule has 0 spiro atoms. The second kappa shape index (κ2) is 7.50. The molecule has 3 amide bonds. The van der Waals surface area contributed by atoms with Crippen molar-refractivity contribution in [3.63, 3.8) is 0 Å². The number of fused-ring (bicyclic) bond motifs is 1. The second-order valence-corrected chi connectivity index (χ2v) is 10.3. The van der Waals surface area contributed by atoms with Gasteiger partial charge < -0.3 is 9.64 Å². The monoisotopic (exact) mass is 442 g/mol. The molecule has 0 saturated carbocycles. The third-order valence-electron chi connectivity index (χ3n) is 6.10. The molecular formula is C23H30N4O5. The molecular weight excluding hydrogens is 412 g/mol. The number of aromatic nitrogens is 2. The van der Waals surface area contributed by atoms with Gasteiger partial charge in [0.25, 0.3) is 0 Å². The maximum atomic E-state index is 12.9. The molecule has 1 atom stereocenters. The smallest absolute Gasteiger partial charge is 0.410 e. The summed E-state index contributed by atoms with van der Waals surface area (Å²) in [5, 5.41) is 2.32. The Bertz CT molecular complexity index is 1160. The van der Waals surface area contributed by atoms with E-state index in [1.54, 1.807) is 16.5 Å². The van der Waals surface area contributed by atoms with Crippen LogP contribution in [0.4, 0.5) is 4.79 Å². The van der Waals surface area contributed by atoms with Gasteiger partial charge in [-0.2, -0.15) is 0 Å². The van der Waals surface area contributed by atoms with E-state index < -0.39 is 17.6 Å². The number of likely N-dealkylation sites (tertiary alicyclic amines) is 1. The molecule has 4 rings (SSSR count). The van der Waals surface area contributed by atoms with E-state index >= 15 is 0 Å². The van der Waals surface area contributed by atoms with E-state index in [0.29, 0.717) is 25.0 Å². The van der Waals surface area contributed by atoms with Crippen molar-refractivity contribution in [2.45, 2.75) is 58.6 Å². The highest BCUT2D eigenvalue weighted by molar-refractivity contribution is 6.00. The standard InChI is InChI=1S/C23H30N4O5/c1-22(2,3)32-21(31)26-12-23(4,13-26)11-14-6-7-15-17(10-14)25(5)20(30)27(15)16-8-9-18(28)24-19(16)29/h6-7,10,16H,8-9,11-13H2,1-5H3,(H,24,28,29). The Morgan fingerprint density at radius 1 is 1.19 bits per heavy atom. The van der Waals surface area contributed by atoms with Crippen molar-refractivity contribution in [1.29, 1.82) is 0 Å². The summed E-state index contributed by atoms with van der Waals surface area (Å²) >= 11 is 0. The fourth-order valence-electron chi connectivity index (χ4n) is 4.68. The molecule has 1 unspecified atom stereocenters. The van der Waals surface area contributed by atoms with Crippen LogP contribution in [0.3, 0.4) is 0 Å². The molecule has 0 aliphatic carbocycles. The molecule has 1 aromatic heterocycles. The van der Waals surface area contributed by atoms with Crippen molar-refractivity contribution in [1.82, 2.24) is 19.4 Å². The minimum absolute atomic E-state index is 0.0738. The first-order valence-electron chi connectivity index (χ1n) is 10.9. The Morgan fingerprint density at radius 2 is 1.88 bits per heavy atom. The second-order valence-electron chi connectivity index (χ2n) is 10.3. The number of amides is 3. The van der Waals surface area contributed by atoms with Gasteiger partial charge in [0.15, 0.2) is 0 Å². The molecule has 3 heterocycles. The van der Waals surface area contributed by atoms with Gasteiger partial charge in [-0.25, -0.2) is 9.59 Å². The lowest BCUT2D eigenvalue weighted by Gasteiger charge is -2.48. The first-order chi connectivity index (χ1) is 14.9. The summed E-state index contributed by atoms with van der Waals surface area (Å²) < 4.78 is 8.46. The van der Waals surface area contributed by atoms with E-state index in [9.17, 15) is 19.2 Å². The molecule has 2 aromatic rings. The predicted octanol–water partition coefficient (Wildman–Crippen LogP) is 2.12. The number of ether oxygens (including phenoxy) is 1. The van der Waals surface area contributed by atoms with Gasteiger partial charge in [0.05, 0.1) is 11.0 Å². The lowest BCUT2D eigenvalue weighted by Crippen LogP contribution is -2.58. The van der Waals surface area contributed by atoms with Gasteiger partial charge in [0.2, 0.25) is 11.8 Å². The van der Waals surface area contributed by atoms with Crippen LogP contribution in [0.25, 0.3) is 11.0 Å². The average molecular weight is 443 g/mol. The normalized spacial score (nSPS) is 20.8. The van der Waals surface area contributed by atoms with Crippen LogP contribution in [0.2, 0.25) is 0 Å². The minimum atomic E-state index is -0.693. The molecule has 2 saturated heterocycles. The van der Waals surface area contributed by atoms with Gasteiger partial charge >= 0.3 is 11.8 Å². The first kappa shape index (κ1) is 22.1. The van der Waals surface area contributed by atoms with Crippen LogP contribution < -0.4 is 11.0 Å². The lowest BCUT2D eigenvalue weighted by atomic mass is 9.77. The number of imide groups is 1. The molecule has 1 N–H and O–H groups in total. The summed E-state index contributed by atoms with van der Waals surface area (Å²) in [6, 6.07) is 5.11. The zero-order valence-corrected chi connectivity index (χ0v) is 19.2. The van der Waals surface area contributed by atoms with Gasteiger partial charge in [-0.3, -0.25) is 24.0 Å². The first-order valence-corrected chi connectivity index (χ1v) is 10.9. The van der Waals surface area contributed by atoms with Crippen LogP contribution in [0.1, 0.15) is 52.1 Å². The molecule has 9 heteroatoms. The fourth-order valence-corrected chi connectivity index (χ4v) is 4.68. The number of benzene rings is 1. The summed E-state index contributed by atoms with van der Waals surface area (Å²) in [5.41, 5.74) is 1.59. The Balaban J connectivity index is 1.53. The zero-order chi connectivity index (χ0) is 23.4. The number of hydrogen-bond donors (Lipinski definition) is 1. The van der Waals surface area contributed by atoms with Crippen LogP contribution in [-0.2, 0) is 27.8 Å². The molecule has 0 bridgehead atoms. The summed E-state index contributed by atoms with van der Waals surface area (Å²) in [7, 11) is 1.69. The Morgan fingerprint density at radius 3 is 2.50 bits per heavy atom. The quantitative estimate of drug-likeness (QED) is 0.734. The van der Waals surface area contributed by atoms with Crippen molar-refractivity contribution in [3.8, 4) is 0 Å². The van der Waals surface area contributed by atoms with Crippen LogP contribution >= 0.6 is 0 Å². The topological polar surface area (TPSA) is 103 Å². The van der Waals surface area contributed by atoms with E-state index in [1.165, 1.54) is 4.57 Å². The van der Waals surface area contributed by atoms with Crippen LogP contribution in [0.5, 0.6) is 0 Å². The number of hydrogen-bond acceptors (Lipinski definition) is 5. The number of nitrogens with zero attached hydrogens (tertiary/aromatic N) is 3. The summed E-state index contributed by atoms with van der Waals surface area (Å²) in [6.07, 6.45) is 0.975. The number of nitrogens with one attached hydrogen (secondary N) is 1. The van der Waals surface area contributed by atoms with Crippen molar-refractivity contribution in [2.75, 3.05) is 13.1 Å². The third kappa shape index (κ3) is 4.03. The van der Waals surface area contributed by atoms with E-state index in [0.717, 1.165) is 17.5 Å². The molecule has 9 nitrogen and oxygen atoms in total. The van der Waals surface area contributed by atoms with E-state index in [2.05, 4.69) is 12.2 Å². The van der Waals surface area contributed by atoms with Gasteiger partial charge in [0, 0.05) is 32.0 Å². The maximum Gasteiger partial charge on any atom is 0.410 e. The van der Waals surface area contributed by atoms with Crippen molar-refractivity contribution < 1.29 is 19.1 Å². The van der Waals surface area contributed by atoms with Gasteiger partial charge in [-0.15, -0.1) is 0 Å². The van der Waals surface area contributed by atoms with E-state index in [1.807, 2.05) is 39.0 Å². The highest BCUT2D eigenvalue weighted by Crippen LogP contribution is 2.35. The Kier molecular flexibility index (Phi) is 5.18. The molecule has 172 valence electrons. The third-order valence-corrected chi connectivity index (χ3v) is 6.10. The van der Waals surface area contributed by atoms with E-state index in [-0.39, 0.29) is 29.5 Å². The fraction of sp³-hybridized carbons (Fsp3) is 0.565. The molecule has 2 fully saturated rings. The number of carbonyl (C=O) groups excluding carboxylic acids is 3. The zero-order valence-electron chi connectivity index (χ0n) is 19.2. The van der Waals surface area contributed by atoms with Crippen molar-refractivity contribution >= 4 is 28.9 Å². The minimum Gasteiger partial charge on any atom is -0.444 e. The summed E-state index contributed by atoms with van der Waals surface area (Å²) in [5.74, 6) is -0.750. The molecule has 0 radical (unpaired) electrons. The Hall–Kier alpha value is -3.10. The van der Waals surface area contributed by atoms with Crippen molar-refractivity contribution in [2.24, 2.45) is 12.5 Å². The molecule has 2 aliphatic heterocycles. The number of carbonyl (C=O) groups is 3. The number of rotatable bonds is 3. The lowest BCUT2D eigenvalue weighted by molar-refractivity contribution is -0.135. The molecule has 2 aliphatic rings. The highest BCUT2D eigenvalue weighted by Gasteiger charge is 2.43. The van der Waals surface area contributed by atoms with Crippen LogP contribution in [0, 0.1) is 5.41 Å². The molecule has 32 heavy (non-hydrogen) atoms. The number of aryl methyl sites for hydroxylation is 1. The van der Waals surface area contributed by atoms with Crippen LogP contribution in [-0.4, -0.2) is 50.6 Å². The molecule has 1 aromatic carbocycles. The SMILES string of the molecule is Cn1c(=O)n(C2CCC(=O)NC2=O)c2ccc(CC3(C)CN(C(=O)OC(C)(C)C)C3)cc21. The predicted molar refractivity (Wildman–Crippen MR) is 118 cm³/mol. The van der Waals surface area contributed by atoms with Crippen molar-refractivity contribution in [3.05, 3.63) is 34.2 Å². The number of piperidine rings is 1. The number of imidazole rings is 1.